The lowest BCUT2D eigenvalue weighted by Crippen LogP contribution is -2.35. The monoisotopic (exact) mass is 241 g/mol. The van der Waals surface area contributed by atoms with Gasteiger partial charge in [0.25, 0.3) is 0 Å². The van der Waals surface area contributed by atoms with Crippen molar-refractivity contribution in [3.05, 3.63) is 11.4 Å². The third-order valence-electron chi connectivity index (χ3n) is 2.47. The van der Waals surface area contributed by atoms with Crippen LogP contribution in [-0.2, 0) is 0 Å². The third-order valence-corrected chi connectivity index (χ3v) is 2.47. The summed E-state index contributed by atoms with van der Waals surface area (Å²) in [7, 11) is 0. The van der Waals surface area contributed by atoms with E-state index in [0.717, 1.165) is 10.9 Å². The van der Waals surface area contributed by atoms with Gasteiger partial charge in [-0.2, -0.15) is 4.73 Å². The molecule has 0 unspecified atom stereocenters. The van der Waals surface area contributed by atoms with Crippen molar-refractivity contribution in [2.75, 3.05) is 23.7 Å². The summed E-state index contributed by atoms with van der Waals surface area (Å²) < 4.78 is 0.845. The van der Waals surface area contributed by atoms with Gasteiger partial charge in [-0.15, -0.1) is 0 Å². The van der Waals surface area contributed by atoms with Crippen molar-refractivity contribution in [3.63, 3.8) is 0 Å². The van der Waals surface area contributed by atoms with Crippen LogP contribution in [0.15, 0.2) is 6.20 Å². The van der Waals surface area contributed by atoms with Crippen molar-refractivity contribution in [2.45, 2.75) is 13.8 Å². The minimum atomic E-state index is 0.231. The molecule has 8 heteroatoms. The Balaban J connectivity index is 2.72. The molecule has 2 aromatic rings. The second-order valence-corrected chi connectivity index (χ2v) is 3.55. The molecule has 0 aliphatic rings. The molecule has 94 valence electrons. The molecule has 0 radical (unpaired) electrons. The molecule has 2 heterocycles. The average Bonchev–Trinajstić information content (AvgIpc) is 2.72. The molecule has 0 aliphatic heterocycles. The summed E-state index contributed by atoms with van der Waals surface area (Å²) in [6.07, 6.45) is 1.09. The van der Waals surface area contributed by atoms with Gasteiger partial charge in [0.1, 0.15) is 5.69 Å². The van der Waals surface area contributed by atoms with Crippen LogP contribution in [0.25, 0.3) is 11.0 Å². The van der Waals surface area contributed by atoms with Gasteiger partial charge in [-0.3, -0.25) is 0 Å². The standard InChI is InChI=1S/C9H15N5O3/c1-3-10-7-8-6(5-12(15)14(8)17)13(16)9(7)11-4-2/h5,10-11,16-17H,3-4H2,1-2H3. The molecular formula is C9H15N5O3. The number of nitrogens with one attached hydrogen (secondary N) is 2. The van der Waals surface area contributed by atoms with Gasteiger partial charge >= 0.3 is 0 Å². The molecule has 0 bridgehead atoms. The zero-order valence-electron chi connectivity index (χ0n) is 9.64. The van der Waals surface area contributed by atoms with E-state index in [-0.39, 0.29) is 15.9 Å². The van der Waals surface area contributed by atoms with Gasteiger partial charge in [0.2, 0.25) is 11.7 Å². The fourth-order valence-electron chi connectivity index (χ4n) is 1.82. The Morgan fingerprint density at radius 2 is 1.94 bits per heavy atom. The Morgan fingerprint density at radius 3 is 2.53 bits per heavy atom. The van der Waals surface area contributed by atoms with E-state index in [0.29, 0.717) is 29.4 Å². The third kappa shape index (κ3) is 1.49. The Bertz CT molecular complexity index is 545. The van der Waals surface area contributed by atoms with Gasteiger partial charge in [-0.25, -0.2) is 0 Å². The normalized spacial score (nSPS) is 10.9. The van der Waals surface area contributed by atoms with E-state index in [1.54, 1.807) is 0 Å². The predicted molar refractivity (Wildman–Crippen MR) is 61.6 cm³/mol. The van der Waals surface area contributed by atoms with E-state index in [9.17, 15) is 15.6 Å². The van der Waals surface area contributed by atoms with Crippen molar-refractivity contribution in [1.29, 1.82) is 0 Å². The predicted octanol–water partition coefficient (Wildman–Crippen LogP) is 0.414. The van der Waals surface area contributed by atoms with Crippen LogP contribution in [0.4, 0.5) is 11.5 Å². The van der Waals surface area contributed by atoms with Gasteiger partial charge in [-0.1, -0.05) is 0 Å². The van der Waals surface area contributed by atoms with E-state index >= 15 is 0 Å². The van der Waals surface area contributed by atoms with E-state index in [1.165, 1.54) is 0 Å². The maximum absolute atomic E-state index is 11.2. The Kier molecular flexibility index (Phi) is 2.62. The number of rotatable bonds is 4. The molecule has 2 rings (SSSR count). The number of anilines is 2. The fourth-order valence-corrected chi connectivity index (χ4v) is 1.82. The average molecular weight is 241 g/mol. The number of nitrogens with zero attached hydrogens (tertiary/aromatic N) is 3. The summed E-state index contributed by atoms with van der Waals surface area (Å²) in [4.78, 5) is 0.689. The maximum Gasteiger partial charge on any atom is 0.240 e. The summed E-state index contributed by atoms with van der Waals surface area (Å²) >= 11 is 0. The number of fused-ring (bicyclic) bond motifs is 1. The molecule has 0 aromatic carbocycles. The molecule has 0 saturated heterocycles. The highest BCUT2D eigenvalue weighted by Crippen LogP contribution is 2.33. The Hall–Kier alpha value is -2.25. The van der Waals surface area contributed by atoms with Gasteiger partial charge in [0.05, 0.1) is 0 Å². The molecule has 2 aromatic heterocycles. The van der Waals surface area contributed by atoms with Crippen LogP contribution >= 0.6 is 0 Å². The van der Waals surface area contributed by atoms with Crippen LogP contribution in [0.1, 0.15) is 13.8 Å². The van der Waals surface area contributed by atoms with Crippen molar-refractivity contribution in [2.24, 2.45) is 0 Å². The lowest BCUT2D eigenvalue weighted by atomic mass is 10.4. The van der Waals surface area contributed by atoms with E-state index < -0.39 is 0 Å². The zero-order valence-corrected chi connectivity index (χ0v) is 9.64. The molecule has 8 nitrogen and oxygen atoms in total. The fraction of sp³-hybridized carbons (Fsp3) is 0.444. The first-order valence-corrected chi connectivity index (χ1v) is 5.37. The van der Waals surface area contributed by atoms with Crippen LogP contribution in [0.3, 0.4) is 0 Å². The first-order valence-electron chi connectivity index (χ1n) is 5.37. The first-order chi connectivity index (χ1) is 8.11. The van der Waals surface area contributed by atoms with Crippen LogP contribution in [0.2, 0.25) is 0 Å². The molecule has 17 heavy (non-hydrogen) atoms. The van der Waals surface area contributed by atoms with E-state index in [4.69, 9.17) is 0 Å². The maximum atomic E-state index is 11.2. The highest BCUT2D eigenvalue weighted by Gasteiger charge is 2.25. The smallest absolute Gasteiger partial charge is 0.240 e. The molecule has 0 spiro atoms. The minimum Gasteiger partial charge on any atom is -0.593 e. The lowest BCUT2D eigenvalue weighted by Gasteiger charge is -2.08. The molecule has 0 aliphatic carbocycles. The lowest BCUT2D eigenvalue weighted by molar-refractivity contribution is -0.722. The highest BCUT2D eigenvalue weighted by molar-refractivity contribution is 5.96. The topological polar surface area (TPSA) is 101 Å². The molecule has 4 N–H and O–H groups in total. The summed E-state index contributed by atoms with van der Waals surface area (Å²) in [6.45, 7) is 4.97. The van der Waals surface area contributed by atoms with Crippen LogP contribution in [0.5, 0.6) is 0 Å². The first kappa shape index (κ1) is 11.2. The van der Waals surface area contributed by atoms with Crippen molar-refractivity contribution in [3.8, 4) is 0 Å². The molecular weight excluding hydrogens is 226 g/mol. The summed E-state index contributed by atoms with van der Waals surface area (Å²) in [5.74, 6) is 0.419. The van der Waals surface area contributed by atoms with E-state index in [1.807, 2.05) is 13.8 Å². The van der Waals surface area contributed by atoms with Gasteiger partial charge in [0.15, 0.2) is 11.3 Å². The number of hydrogen-bond acceptors (Lipinski definition) is 5. The van der Waals surface area contributed by atoms with Crippen molar-refractivity contribution < 1.29 is 15.3 Å². The number of aromatic nitrogens is 3. The minimum absolute atomic E-state index is 0.231. The second kappa shape index (κ2) is 3.96. The summed E-state index contributed by atoms with van der Waals surface area (Å²) in [5.41, 5.74) is 0.957. The number of hydrogen-bond donors (Lipinski definition) is 4. The zero-order chi connectivity index (χ0) is 12.6. The highest BCUT2D eigenvalue weighted by atomic mass is 16.6. The largest absolute Gasteiger partial charge is 0.593 e. The summed E-state index contributed by atoms with van der Waals surface area (Å²) in [6, 6.07) is 0. The second-order valence-electron chi connectivity index (χ2n) is 3.55. The van der Waals surface area contributed by atoms with Gasteiger partial charge in [-0.05, 0) is 18.7 Å². The quantitative estimate of drug-likeness (QED) is 0.353. The van der Waals surface area contributed by atoms with Crippen LogP contribution < -0.4 is 15.5 Å². The Labute approximate surface area is 97.2 Å². The van der Waals surface area contributed by atoms with E-state index in [2.05, 4.69) is 10.6 Å². The Morgan fingerprint density at radius 1 is 1.29 bits per heavy atom. The van der Waals surface area contributed by atoms with Gasteiger partial charge in [0, 0.05) is 17.9 Å². The molecule has 0 saturated carbocycles. The van der Waals surface area contributed by atoms with Gasteiger partial charge < -0.3 is 26.3 Å². The van der Waals surface area contributed by atoms with Crippen LogP contribution in [0, 0.1) is 5.21 Å². The van der Waals surface area contributed by atoms with Crippen LogP contribution in [-0.4, -0.2) is 33.1 Å². The molecule has 0 atom stereocenters. The van der Waals surface area contributed by atoms with Crippen molar-refractivity contribution >= 4 is 22.5 Å². The van der Waals surface area contributed by atoms with Crippen molar-refractivity contribution in [1.82, 2.24) is 9.58 Å². The molecule has 0 amide bonds. The molecule has 0 fully saturated rings. The SMILES string of the molecule is CCNc1c(NCC)n(O)c2c[n+]([O-])n(O)c12. The summed E-state index contributed by atoms with van der Waals surface area (Å²) in [5, 5.41) is 36.7.